The molecule has 17 heavy (non-hydrogen) atoms. The summed E-state index contributed by atoms with van der Waals surface area (Å²) in [7, 11) is 0. The van der Waals surface area contributed by atoms with Crippen molar-refractivity contribution < 1.29 is 14.7 Å². The molecule has 1 heterocycles. The Morgan fingerprint density at radius 3 is 2.82 bits per heavy atom. The highest BCUT2D eigenvalue weighted by Crippen LogP contribution is 2.14. The van der Waals surface area contributed by atoms with Gasteiger partial charge in [-0.2, -0.15) is 0 Å². The standard InChI is InChI=1S/C11H16N2O3S/c1-2-3-13-10(14)6-12-5-9-4-8(7-17-9)11(15)16/h4,7,12H,2-3,5-6H2,1H3,(H,13,14)(H,15,16). The van der Waals surface area contributed by atoms with Gasteiger partial charge in [0.25, 0.3) is 0 Å². The number of carbonyl (C=O) groups excluding carboxylic acids is 1. The molecule has 1 aromatic heterocycles. The van der Waals surface area contributed by atoms with Crippen LogP contribution in [-0.4, -0.2) is 30.1 Å². The van der Waals surface area contributed by atoms with Gasteiger partial charge in [0.2, 0.25) is 5.91 Å². The Morgan fingerprint density at radius 1 is 1.47 bits per heavy atom. The molecule has 0 aromatic carbocycles. The van der Waals surface area contributed by atoms with E-state index in [9.17, 15) is 9.59 Å². The normalized spacial score (nSPS) is 10.2. The summed E-state index contributed by atoms with van der Waals surface area (Å²) in [5, 5.41) is 16.0. The molecular weight excluding hydrogens is 240 g/mol. The van der Waals surface area contributed by atoms with Crippen LogP contribution in [0, 0.1) is 0 Å². The van der Waals surface area contributed by atoms with Crippen molar-refractivity contribution in [2.24, 2.45) is 0 Å². The van der Waals surface area contributed by atoms with E-state index in [1.165, 1.54) is 11.3 Å². The van der Waals surface area contributed by atoms with E-state index >= 15 is 0 Å². The van der Waals surface area contributed by atoms with E-state index in [0.29, 0.717) is 18.7 Å². The van der Waals surface area contributed by atoms with E-state index < -0.39 is 5.97 Å². The van der Waals surface area contributed by atoms with Crippen LogP contribution in [0.25, 0.3) is 0 Å². The summed E-state index contributed by atoms with van der Waals surface area (Å²) in [5.74, 6) is -0.963. The van der Waals surface area contributed by atoms with Gasteiger partial charge in [-0.15, -0.1) is 11.3 Å². The van der Waals surface area contributed by atoms with Crippen molar-refractivity contribution in [2.75, 3.05) is 13.1 Å². The maximum absolute atomic E-state index is 11.2. The molecule has 0 aliphatic carbocycles. The third-order valence-electron chi connectivity index (χ3n) is 2.06. The lowest BCUT2D eigenvalue weighted by molar-refractivity contribution is -0.120. The monoisotopic (exact) mass is 256 g/mol. The van der Waals surface area contributed by atoms with Crippen LogP contribution in [0.1, 0.15) is 28.6 Å². The number of carbonyl (C=O) groups is 2. The predicted octanol–water partition coefficient (Wildman–Crippen LogP) is 1.06. The van der Waals surface area contributed by atoms with Crippen molar-refractivity contribution in [2.45, 2.75) is 19.9 Å². The van der Waals surface area contributed by atoms with E-state index in [1.54, 1.807) is 11.4 Å². The van der Waals surface area contributed by atoms with E-state index in [1.807, 2.05) is 6.92 Å². The Hall–Kier alpha value is -1.40. The first-order valence-electron chi connectivity index (χ1n) is 5.41. The number of hydrogen-bond donors (Lipinski definition) is 3. The lowest BCUT2D eigenvalue weighted by Gasteiger charge is -2.04. The average Bonchev–Trinajstić information content (AvgIpc) is 2.75. The van der Waals surface area contributed by atoms with Crippen molar-refractivity contribution in [1.29, 1.82) is 0 Å². The molecule has 0 radical (unpaired) electrons. The van der Waals surface area contributed by atoms with Gasteiger partial charge in [0, 0.05) is 23.3 Å². The molecule has 5 nitrogen and oxygen atoms in total. The molecule has 6 heteroatoms. The molecule has 0 spiro atoms. The third kappa shape index (κ3) is 4.97. The number of amides is 1. The Balaban J connectivity index is 2.26. The fourth-order valence-corrected chi connectivity index (χ4v) is 2.04. The van der Waals surface area contributed by atoms with Gasteiger partial charge >= 0.3 is 5.97 Å². The molecule has 1 rings (SSSR count). The maximum Gasteiger partial charge on any atom is 0.336 e. The fourth-order valence-electron chi connectivity index (χ4n) is 1.21. The van der Waals surface area contributed by atoms with E-state index in [0.717, 1.165) is 11.3 Å². The van der Waals surface area contributed by atoms with Crippen molar-refractivity contribution in [3.63, 3.8) is 0 Å². The van der Waals surface area contributed by atoms with Gasteiger partial charge in [0.15, 0.2) is 0 Å². The van der Waals surface area contributed by atoms with Gasteiger partial charge in [-0.1, -0.05) is 6.92 Å². The lowest BCUT2D eigenvalue weighted by atomic mass is 10.3. The minimum Gasteiger partial charge on any atom is -0.478 e. The van der Waals surface area contributed by atoms with Crippen LogP contribution in [-0.2, 0) is 11.3 Å². The molecule has 0 bridgehead atoms. The van der Waals surface area contributed by atoms with E-state index in [-0.39, 0.29) is 12.5 Å². The number of carboxylic acids is 1. The second-order valence-corrected chi connectivity index (χ2v) is 4.56. The summed E-state index contributed by atoms with van der Waals surface area (Å²) in [6, 6.07) is 1.62. The molecule has 1 aromatic rings. The number of carboxylic acid groups (broad SMARTS) is 1. The largest absolute Gasteiger partial charge is 0.478 e. The third-order valence-corrected chi connectivity index (χ3v) is 2.99. The van der Waals surface area contributed by atoms with Gasteiger partial charge in [0.1, 0.15) is 0 Å². The van der Waals surface area contributed by atoms with Gasteiger partial charge in [-0.25, -0.2) is 4.79 Å². The molecule has 0 unspecified atom stereocenters. The molecule has 3 N–H and O–H groups in total. The molecule has 0 saturated carbocycles. The Kier molecular flexibility index (Phi) is 5.65. The van der Waals surface area contributed by atoms with Crippen LogP contribution in [0.5, 0.6) is 0 Å². The molecule has 0 aliphatic heterocycles. The lowest BCUT2D eigenvalue weighted by Crippen LogP contribution is -2.33. The molecule has 94 valence electrons. The zero-order valence-electron chi connectivity index (χ0n) is 9.66. The molecule has 1 amide bonds. The quantitative estimate of drug-likeness (QED) is 0.681. The van der Waals surface area contributed by atoms with Gasteiger partial charge in [-0.3, -0.25) is 4.79 Å². The van der Waals surface area contributed by atoms with E-state index in [4.69, 9.17) is 5.11 Å². The first-order chi connectivity index (χ1) is 8.13. The number of aromatic carboxylic acids is 1. The maximum atomic E-state index is 11.2. The van der Waals surface area contributed by atoms with Crippen molar-refractivity contribution in [3.05, 3.63) is 21.9 Å². The molecule has 0 atom stereocenters. The van der Waals surface area contributed by atoms with Crippen molar-refractivity contribution >= 4 is 23.2 Å². The summed E-state index contributed by atoms with van der Waals surface area (Å²) in [6.45, 7) is 3.44. The summed E-state index contributed by atoms with van der Waals surface area (Å²) in [6.07, 6.45) is 0.915. The predicted molar refractivity (Wildman–Crippen MR) is 66.3 cm³/mol. The molecular formula is C11H16N2O3S. The topological polar surface area (TPSA) is 78.4 Å². The van der Waals surface area contributed by atoms with Crippen LogP contribution >= 0.6 is 11.3 Å². The van der Waals surface area contributed by atoms with Gasteiger partial charge in [0.05, 0.1) is 12.1 Å². The second-order valence-electron chi connectivity index (χ2n) is 3.56. The van der Waals surface area contributed by atoms with Crippen LogP contribution in [0.3, 0.4) is 0 Å². The second kappa shape index (κ2) is 7.03. The fraction of sp³-hybridized carbons (Fsp3) is 0.455. The van der Waals surface area contributed by atoms with Crippen LogP contribution in [0.4, 0.5) is 0 Å². The highest BCUT2D eigenvalue weighted by molar-refractivity contribution is 7.10. The zero-order valence-corrected chi connectivity index (χ0v) is 10.5. The Labute approximate surface area is 104 Å². The molecule has 0 saturated heterocycles. The molecule has 0 fully saturated rings. The average molecular weight is 256 g/mol. The van der Waals surface area contributed by atoms with Gasteiger partial charge < -0.3 is 15.7 Å². The van der Waals surface area contributed by atoms with Crippen molar-refractivity contribution in [1.82, 2.24) is 10.6 Å². The van der Waals surface area contributed by atoms with Crippen LogP contribution < -0.4 is 10.6 Å². The SMILES string of the molecule is CCCNC(=O)CNCc1cc(C(=O)O)cs1. The first-order valence-corrected chi connectivity index (χ1v) is 6.29. The Morgan fingerprint density at radius 2 is 2.24 bits per heavy atom. The number of thiophene rings is 1. The summed E-state index contributed by atoms with van der Waals surface area (Å²) in [4.78, 5) is 22.8. The van der Waals surface area contributed by atoms with Crippen LogP contribution in [0.15, 0.2) is 11.4 Å². The highest BCUT2D eigenvalue weighted by atomic mass is 32.1. The smallest absolute Gasteiger partial charge is 0.336 e. The number of nitrogens with one attached hydrogen (secondary N) is 2. The first kappa shape index (κ1) is 13.7. The summed E-state index contributed by atoms with van der Waals surface area (Å²) >= 11 is 1.37. The minimum absolute atomic E-state index is 0.0399. The number of rotatable bonds is 7. The minimum atomic E-state index is -0.923. The van der Waals surface area contributed by atoms with E-state index in [2.05, 4.69) is 10.6 Å². The highest BCUT2D eigenvalue weighted by Gasteiger charge is 2.06. The van der Waals surface area contributed by atoms with Crippen molar-refractivity contribution in [3.8, 4) is 0 Å². The Bertz CT molecular complexity index is 390. The summed E-state index contributed by atoms with van der Waals surface area (Å²) in [5.41, 5.74) is 0.294. The zero-order chi connectivity index (χ0) is 12.7. The number of hydrogen-bond acceptors (Lipinski definition) is 4. The summed E-state index contributed by atoms with van der Waals surface area (Å²) < 4.78 is 0. The van der Waals surface area contributed by atoms with Gasteiger partial charge in [-0.05, 0) is 12.5 Å². The molecule has 0 aliphatic rings. The van der Waals surface area contributed by atoms with Crippen LogP contribution in [0.2, 0.25) is 0 Å².